The van der Waals surface area contributed by atoms with Crippen molar-refractivity contribution in [3.8, 4) is 11.5 Å². The Morgan fingerprint density at radius 1 is 1.10 bits per heavy atom. The van der Waals surface area contributed by atoms with Crippen LogP contribution >= 0.6 is 0 Å². The number of aromatic nitrogens is 3. The second kappa shape index (κ2) is 9.05. The van der Waals surface area contributed by atoms with Crippen LogP contribution in [0.1, 0.15) is 32.1 Å². The van der Waals surface area contributed by atoms with Gasteiger partial charge in [-0.15, -0.1) is 5.10 Å². The molecule has 0 spiro atoms. The highest BCUT2D eigenvalue weighted by Crippen LogP contribution is 2.23. The summed E-state index contributed by atoms with van der Waals surface area (Å²) < 4.78 is 16.4. The third kappa shape index (κ3) is 4.39. The maximum atomic E-state index is 12.9. The average Bonchev–Trinajstić information content (AvgIpc) is 3.16. The first-order valence-electron chi connectivity index (χ1n) is 8.80. The molecule has 0 fully saturated rings. The summed E-state index contributed by atoms with van der Waals surface area (Å²) in [5.41, 5.74) is 6.32. The Balaban J connectivity index is 1.90. The number of methoxy groups -OCH3 is 2. The van der Waals surface area contributed by atoms with E-state index in [1.165, 1.54) is 25.3 Å². The van der Waals surface area contributed by atoms with Crippen LogP contribution in [0.2, 0.25) is 0 Å². The van der Waals surface area contributed by atoms with E-state index in [0.29, 0.717) is 11.5 Å². The number of carbonyl (C=O) groups is 2. The van der Waals surface area contributed by atoms with Gasteiger partial charge in [-0.2, -0.15) is 0 Å². The van der Waals surface area contributed by atoms with Gasteiger partial charge in [0.25, 0.3) is 0 Å². The average molecular weight is 412 g/mol. The van der Waals surface area contributed by atoms with Crippen molar-refractivity contribution in [2.75, 3.05) is 26.7 Å². The van der Waals surface area contributed by atoms with E-state index in [1.54, 1.807) is 31.4 Å². The maximum absolute atomic E-state index is 12.9. The molecule has 10 nitrogen and oxygen atoms in total. The van der Waals surface area contributed by atoms with Crippen LogP contribution in [0.5, 0.6) is 11.5 Å². The van der Waals surface area contributed by atoms with Gasteiger partial charge in [-0.05, 0) is 29.8 Å². The molecule has 0 aliphatic rings. The standard InChI is InChI=1S/C20H20N4O6/c1-28-11-30-14-7-8-15(16(21)9-14)19(25)17-18(20(26)27)24(23-22-17)10-12-3-5-13(29-2)6-4-12/h3-9H,10-11,21H2,1-2H3,(H,26,27). The lowest BCUT2D eigenvalue weighted by molar-refractivity contribution is 0.0511. The monoisotopic (exact) mass is 412 g/mol. The number of aromatic carboxylic acids is 1. The number of anilines is 1. The first kappa shape index (κ1) is 20.8. The summed E-state index contributed by atoms with van der Waals surface area (Å²) in [6, 6.07) is 11.4. The molecule has 0 aliphatic heterocycles. The van der Waals surface area contributed by atoms with E-state index in [1.807, 2.05) is 0 Å². The van der Waals surface area contributed by atoms with Crippen LogP contribution in [0.4, 0.5) is 5.69 Å². The molecule has 2 aromatic carbocycles. The molecule has 1 aromatic heterocycles. The van der Waals surface area contributed by atoms with Gasteiger partial charge in [0.1, 0.15) is 11.5 Å². The smallest absolute Gasteiger partial charge is 0.356 e. The molecule has 0 unspecified atom stereocenters. The molecule has 0 bridgehead atoms. The minimum absolute atomic E-state index is 0.0234. The maximum Gasteiger partial charge on any atom is 0.356 e. The van der Waals surface area contributed by atoms with E-state index in [9.17, 15) is 14.7 Å². The third-order valence-electron chi connectivity index (χ3n) is 4.26. The Morgan fingerprint density at radius 3 is 2.40 bits per heavy atom. The van der Waals surface area contributed by atoms with Crippen LogP contribution < -0.4 is 15.2 Å². The molecular weight excluding hydrogens is 392 g/mol. The SMILES string of the molecule is COCOc1ccc(C(=O)c2nnn(Cc3ccc(OC)cc3)c2C(=O)O)c(N)c1. The minimum atomic E-state index is -1.32. The Labute approximate surface area is 171 Å². The van der Waals surface area contributed by atoms with Crippen LogP contribution in [0.15, 0.2) is 42.5 Å². The number of hydrogen-bond donors (Lipinski definition) is 2. The zero-order valence-corrected chi connectivity index (χ0v) is 16.4. The highest BCUT2D eigenvalue weighted by molar-refractivity contribution is 6.14. The second-order valence-corrected chi connectivity index (χ2v) is 6.23. The highest BCUT2D eigenvalue weighted by Gasteiger charge is 2.27. The van der Waals surface area contributed by atoms with Crippen molar-refractivity contribution < 1.29 is 28.9 Å². The lowest BCUT2D eigenvalue weighted by atomic mass is 10.0. The van der Waals surface area contributed by atoms with E-state index >= 15 is 0 Å². The summed E-state index contributed by atoms with van der Waals surface area (Å²) in [7, 11) is 3.03. The van der Waals surface area contributed by atoms with E-state index in [4.69, 9.17) is 19.9 Å². The Kier molecular flexibility index (Phi) is 6.28. The molecule has 0 saturated carbocycles. The summed E-state index contributed by atoms with van der Waals surface area (Å²) in [4.78, 5) is 24.8. The van der Waals surface area contributed by atoms with Crippen molar-refractivity contribution in [3.05, 3.63) is 65.0 Å². The van der Waals surface area contributed by atoms with Crippen LogP contribution in [-0.2, 0) is 11.3 Å². The number of nitrogens with two attached hydrogens (primary N) is 1. The predicted octanol–water partition coefficient (Wildman–Crippen LogP) is 1.83. The summed E-state index contributed by atoms with van der Waals surface area (Å²) in [5.74, 6) is -0.896. The van der Waals surface area contributed by atoms with Gasteiger partial charge < -0.3 is 25.1 Å². The predicted molar refractivity (Wildman–Crippen MR) is 106 cm³/mol. The van der Waals surface area contributed by atoms with Gasteiger partial charge >= 0.3 is 5.97 Å². The van der Waals surface area contributed by atoms with Gasteiger partial charge in [0.15, 0.2) is 18.2 Å². The number of hydrogen-bond acceptors (Lipinski definition) is 8. The van der Waals surface area contributed by atoms with Crippen molar-refractivity contribution in [1.29, 1.82) is 0 Å². The van der Waals surface area contributed by atoms with Crippen molar-refractivity contribution in [1.82, 2.24) is 15.0 Å². The number of ether oxygens (including phenoxy) is 3. The Hall–Kier alpha value is -3.92. The largest absolute Gasteiger partial charge is 0.497 e. The quantitative estimate of drug-likeness (QED) is 0.306. The Bertz CT molecular complexity index is 1060. The molecule has 3 aromatic rings. The number of carbonyl (C=O) groups excluding carboxylic acids is 1. The van der Waals surface area contributed by atoms with Crippen LogP contribution in [0.25, 0.3) is 0 Å². The molecule has 0 aliphatic carbocycles. The fraction of sp³-hybridized carbons (Fsp3) is 0.200. The van der Waals surface area contributed by atoms with E-state index in [2.05, 4.69) is 10.3 Å². The van der Waals surface area contributed by atoms with Crippen molar-refractivity contribution in [3.63, 3.8) is 0 Å². The normalized spacial score (nSPS) is 10.6. The summed E-state index contributed by atoms with van der Waals surface area (Å²) in [6.07, 6.45) is 0. The van der Waals surface area contributed by atoms with E-state index in [0.717, 1.165) is 10.2 Å². The number of nitrogens with zero attached hydrogens (tertiary/aromatic N) is 3. The topological polar surface area (TPSA) is 139 Å². The number of rotatable bonds is 9. The van der Waals surface area contributed by atoms with Gasteiger partial charge in [-0.1, -0.05) is 17.3 Å². The summed E-state index contributed by atoms with van der Waals surface area (Å²) >= 11 is 0. The molecule has 156 valence electrons. The number of carboxylic acids is 1. The minimum Gasteiger partial charge on any atom is -0.497 e. The van der Waals surface area contributed by atoms with Gasteiger partial charge in [0, 0.05) is 24.4 Å². The molecule has 0 saturated heterocycles. The fourth-order valence-corrected chi connectivity index (χ4v) is 2.78. The molecule has 3 rings (SSSR count). The van der Waals surface area contributed by atoms with Crippen LogP contribution in [0, 0.1) is 0 Å². The van der Waals surface area contributed by atoms with Gasteiger partial charge in [-0.25, -0.2) is 9.48 Å². The van der Waals surface area contributed by atoms with Crippen molar-refractivity contribution in [2.24, 2.45) is 0 Å². The van der Waals surface area contributed by atoms with Crippen LogP contribution in [0.3, 0.4) is 0 Å². The number of benzene rings is 2. The second-order valence-electron chi connectivity index (χ2n) is 6.23. The summed E-state index contributed by atoms with van der Waals surface area (Å²) in [5, 5.41) is 17.3. The number of nitrogen functional groups attached to an aromatic ring is 1. The highest BCUT2D eigenvalue weighted by atomic mass is 16.7. The van der Waals surface area contributed by atoms with E-state index in [-0.39, 0.29) is 36.0 Å². The fourth-order valence-electron chi connectivity index (χ4n) is 2.78. The molecule has 30 heavy (non-hydrogen) atoms. The zero-order valence-electron chi connectivity index (χ0n) is 16.4. The molecule has 3 N–H and O–H groups in total. The molecule has 0 atom stereocenters. The van der Waals surface area contributed by atoms with Crippen LogP contribution in [-0.4, -0.2) is 52.9 Å². The lowest BCUT2D eigenvalue weighted by Gasteiger charge is -2.09. The van der Waals surface area contributed by atoms with Crippen molar-refractivity contribution >= 4 is 17.4 Å². The molecular formula is C20H20N4O6. The van der Waals surface area contributed by atoms with Crippen molar-refractivity contribution in [2.45, 2.75) is 6.54 Å². The molecule has 10 heteroatoms. The molecule has 0 amide bonds. The molecule has 1 heterocycles. The zero-order chi connectivity index (χ0) is 21.7. The van der Waals surface area contributed by atoms with E-state index < -0.39 is 11.8 Å². The number of ketones is 1. The van der Waals surface area contributed by atoms with Gasteiger partial charge in [0.2, 0.25) is 5.78 Å². The Morgan fingerprint density at radius 2 is 1.80 bits per heavy atom. The van der Waals surface area contributed by atoms with Gasteiger partial charge in [-0.3, -0.25) is 4.79 Å². The summed E-state index contributed by atoms with van der Waals surface area (Å²) in [6.45, 7) is 0.140. The lowest BCUT2D eigenvalue weighted by Crippen LogP contribution is -2.16. The number of carboxylic acid groups (broad SMARTS) is 1. The first-order chi connectivity index (χ1) is 14.4. The first-order valence-corrected chi connectivity index (χ1v) is 8.80. The van der Waals surface area contributed by atoms with Gasteiger partial charge in [0.05, 0.1) is 13.7 Å². The molecule has 0 radical (unpaired) electrons. The third-order valence-corrected chi connectivity index (χ3v) is 4.26.